The van der Waals surface area contributed by atoms with Gasteiger partial charge in [0.15, 0.2) is 23.3 Å². The number of fused-ring (bicyclic) bond motifs is 1. The zero-order chi connectivity index (χ0) is 14.1. The third-order valence-corrected chi connectivity index (χ3v) is 4.05. The van der Waals surface area contributed by atoms with Crippen LogP contribution < -0.4 is 16.2 Å². The van der Waals surface area contributed by atoms with Crippen molar-refractivity contribution in [1.29, 1.82) is 0 Å². The zero-order valence-corrected chi connectivity index (χ0v) is 11.1. The smallest absolute Gasteiger partial charge is 0.178 e. The summed E-state index contributed by atoms with van der Waals surface area (Å²) in [5.74, 6) is 3.78. The SMILES string of the molecule is NNc1nc(N2CCOC3CCCCC32)c(F)cc1F. The number of morpholine rings is 1. The summed E-state index contributed by atoms with van der Waals surface area (Å²) in [5, 5.41) is 0. The number of nitrogens with zero attached hydrogens (tertiary/aromatic N) is 2. The summed E-state index contributed by atoms with van der Waals surface area (Å²) < 4.78 is 33.2. The molecule has 2 fully saturated rings. The summed E-state index contributed by atoms with van der Waals surface area (Å²) >= 11 is 0. The molecule has 2 aliphatic rings. The van der Waals surface area contributed by atoms with E-state index in [1.54, 1.807) is 0 Å². The van der Waals surface area contributed by atoms with Crippen LogP contribution in [-0.4, -0.2) is 30.3 Å². The fraction of sp³-hybridized carbons (Fsp3) is 0.615. The van der Waals surface area contributed by atoms with Gasteiger partial charge in [-0.05, 0) is 12.8 Å². The Morgan fingerprint density at radius 1 is 1.30 bits per heavy atom. The van der Waals surface area contributed by atoms with Gasteiger partial charge in [-0.2, -0.15) is 0 Å². The molecule has 3 N–H and O–H groups in total. The molecule has 0 bridgehead atoms. The minimum absolute atomic E-state index is 0.107. The van der Waals surface area contributed by atoms with Crippen molar-refractivity contribution in [2.45, 2.75) is 37.8 Å². The average molecular weight is 284 g/mol. The Morgan fingerprint density at radius 3 is 2.90 bits per heavy atom. The summed E-state index contributed by atoms with van der Waals surface area (Å²) in [7, 11) is 0. The van der Waals surface area contributed by atoms with Crippen molar-refractivity contribution in [2.75, 3.05) is 23.5 Å². The van der Waals surface area contributed by atoms with Gasteiger partial charge in [0.1, 0.15) is 0 Å². The lowest BCUT2D eigenvalue weighted by Gasteiger charge is -2.44. The number of hydrazine groups is 1. The van der Waals surface area contributed by atoms with Gasteiger partial charge in [0, 0.05) is 12.6 Å². The minimum atomic E-state index is -0.790. The number of pyridine rings is 1. The van der Waals surface area contributed by atoms with Gasteiger partial charge >= 0.3 is 0 Å². The van der Waals surface area contributed by atoms with Crippen LogP contribution in [0.3, 0.4) is 0 Å². The molecule has 0 aromatic carbocycles. The van der Waals surface area contributed by atoms with Crippen molar-refractivity contribution in [3.05, 3.63) is 17.7 Å². The number of nitrogens with two attached hydrogens (primary N) is 1. The van der Waals surface area contributed by atoms with Crippen LogP contribution in [0.2, 0.25) is 0 Å². The molecule has 0 radical (unpaired) electrons. The summed E-state index contributed by atoms with van der Waals surface area (Å²) in [6, 6.07) is 0.931. The van der Waals surface area contributed by atoms with Crippen LogP contribution in [0.25, 0.3) is 0 Å². The van der Waals surface area contributed by atoms with Gasteiger partial charge in [-0.3, -0.25) is 0 Å². The maximum absolute atomic E-state index is 14.1. The predicted molar refractivity (Wildman–Crippen MR) is 71.3 cm³/mol. The van der Waals surface area contributed by atoms with Crippen LogP contribution in [0.1, 0.15) is 25.7 Å². The standard InChI is InChI=1S/C13H18F2N4O/c14-8-7-9(15)13(17-12(8)18-16)19-5-6-20-11-4-2-1-3-10(11)19/h7,10-11H,1-6,16H2,(H,17,18). The molecule has 2 unspecified atom stereocenters. The van der Waals surface area contributed by atoms with E-state index in [2.05, 4.69) is 10.4 Å². The lowest BCUT2D eigenvalue weighted by atomic mass is 9.90. The van der Waals surface area contributed by atoms with Crippen LogP contribution in [0.15, 0.2) is 6.07 Å². The molecule has 20 heavy (non-hydrogen) atoms. The molecule has 1 saturated heterocycles. The number of nitrogen functional groups attached to an aromatic ring is 1. The minimum Gasteiger partial charge on any atom is -0.374 e. The van der Waals surface area contributed by atoms with Crippen molar-refractivity contribution in [3.8, 4) is 0 Å². The molecule has 1 aliphatic carbocycles. The molecule has 5 nitrogen and oxygen atoms in total. The molecule has 110 valence electrons. The first-order valence-electron chi connectivity index (χ1n) is 6.91. The van der Waals surface area contributed by atoms with E-state index in [0.29, 0.717) is 13.2 Å². The second-order valence-electron chi connectivity index (χ2n) is 5.22. The van der Waals surface area contributed by atoms with Gasteiger partial charge in [0.2, 0.25) is 0 Å². The fourth-order valence-electron chi connectivity index (χ4n) is 3.12. The quantitative estimate of drug-likeness (QED) is 0.640. The third-order valence-electron chi connectivity index (χ3n) is 4.05. The molecule has 2 heterocycles. The van der Waals surface area contributed by atoms with Gasteiger partial charge in [-0.1, -0.05) is 12.8 Å². The van der Waals surface area contributed by atoms with Gasteiger partial charge in [-0.15, -0.1) is 0 Å². The fourth-order valence-corrected chi connectivity index (χ4v) is 3.12. The molecule has 0 spiro atoms. The predicted octanol–water partition coefficient (Wildman–Crippen LogP) is 1.79. The molecule has 1 aromatic rings. The molecule has 3 rings (SSSR count). The summed E-state index contributed by atoms with van der Waals surface area (Å²) in [6.07, 6.45) is 4.24. The largest absolute Gasteiger partial charge is 0.374 e. The van der Waals surface area contributed by atoms with Gasteiger partial charge in [-0.25, -0.2) is 19.6 Å². The Hall–Kier alpha value is -1.47. The highest BCUT2D eigenvalue weighted by Gasteiger charge is 2.36. The number of anilines is 2. The highest BCUT2D eigenvalue weighted by atomic mass is 19.1. The van der Waals surface area contributed by atoms with Crippen molar-refractivity contribution in [1.82, 2.24) is 4.98 Å². The van der Waals surface area contributed by atoms with Crippen LogP contribution in [0, 0.1) is 11.6 Å². The van der Waals surface area contributed by atoms with E-state index in [-0.39, 0.29) is 23.8 Å². The highest BCUT2D eigenvalue weighted by Crippen LogP contribution is 2.33. The first kappa shape index (κ1) is 13.5. The summed E-state index contributed by atoms with van der Waals surface area (Å²) in [6.45, 7) is 1.09. The first-order valence-corrected chi connectivity index (χ1v) is 6.91. The van der Waals surface area contributed by atoms with E-state index in [1.165, 1.54) is 0 Å². The number of hydrogen-bond acceptors (Lipinski definition) is 5. The second-order valence-corrected chi connectivity index (χ2v) is 5.22. The zero-order valence-electron chi connectivity index (χ0n) is 11.1. The van der Waals surface area contributed by atoms with E-state index in [1.807, 2.05) is 4.90 Å². The number of rotatable bonds is 2. The maximum atomic E-state index is 14.1. The van der Waals surface area contributed by atoms with Crippen molar-refractivity contribution >= 4 is 11.6 Å². The van der Waals surface area contributed by atoms with E-state index in [0.717, 1.165) is 31.7 Å². The van der Waals surface area contributed by atoms with E-state index in [9.17, 15) is 8.78 Å². The Balaban J connectivity index is 1.94. The lowest BCUT2D eigenvalue weighted by Crippen LogP contribution is -2.53. The first-order chi connectivity index (χ1) is 9.70. The summed E-state index contributed by atoms with van der Waals surface area (Å²) in [4.78, 5) is 5.88. The van der Waals surface area contributed by atoms with E-state index in [4.69, 9.17) is 10.6 Å². The lowest BCUT2D eigenvalue weighted by molar-refractivity contribution is -0.00924. The van der Waals surface area contributed by atoms with E-state index >= 15 is 0 Å². The van der Waals surface area contributed by atoms with Crippen molar-refractivity contribution < 1.29 is 13.5 Å². The topological polar surface area (TPSA) is 63.4 Å². The monoisotopic (exact) mass is 284 g/mol. The maximum Gasteiger partial charge on any atom is 0.178 e. The van der Waals surface area contributed by atoms with E-state index < -0.39 is 11.6 Å². The van der Waals surface area contributed by atoms with Gasteiger partial charge in [0.05, 0.1) is 18.8 Å². The normalized spacial score (nSPS) is 26.2. The van der Waals surface area contributed by atoms with Gasteiger partial charge in [0.25, 0.3) is 0 Å². The number of nitrogens with one attached hydrogen (secondary N) is 1. The Kier molecular flexibility index (Phi) is 3.71. The van der Waals surface area contributed by atoms with Crippen LogP contribution in [0.5, 0.6) is 0 Å². The molecule has 1 saturated carbocycles. The van der Waals surface area contributed by atoms with Gasteiger partial charge < -0.3 is 15.1 Å². The number of ether oxygens (including phenoxy) is 1. The van der Waals surface area contributed by atoms with Crippen LogP contribution in [-0.2, 0) is 4.74 Å². The Labute approximate surface area is 116 Å². The van der Waals surface area contributed by atoms with Crippen LogP contribution in [0.4, 0.5) is 20.4 Å². The average Bonchev–Trinajstić information content (AvgIpc) is 2.47. The molecular weight excluding hydrogens is 266 g/mol. The molecule has 1 aliphatic heterocycles. The second kappa shape index (κ2) is 5.49. The molecule has 0 amide bonds. The van der Waals surface area contributed by atoms with Crippen molar-refractivity contribution in [3.63, 3.8) is 0 Å². The molecule has 1 aromatic heterocycles. The highest BCUT2D eigenvalue weighted by molar-refractivity contribution is 5.50. The molecule has 7 heteroatoms. The number of hydrogen-bond donors (Lipinski definition) is 2. The summed E-state index contributed by atoms with van der Waals surface area (Å²) in [5.41, 5.74) is 2.16. The van der Waals surface area contributed by atoms with Crippen LogP contribution >= 0.6 is 0 Å². The number of halogens is 2. The number of aromatic nitrogens is 1. The Morgan fingerprint density at radius 2 is 2.10 bits per heavy atom. The molecule has 2 atom stereocenters. The Bertz CT molecular complexity index is 498. The third kappa shape index (κ3) is 2.31. The van der Waals surface area contributed by atoms with Crippen molar-refractivity contribution in [2.24, 2.45) is 5.84 Å². The molecular formula is C13H18F2N4O.